The van der Waals surface area contributed by atoms with E-state index in [-0.39, 0.29) is 0 Å². The Labute approximate surface area is 114 Å². The van der Waals surface area contributed by atoms with Gasteiger partial charge in [0.2, 0.25) is 5.89 Å². The molecule has 1 aromatic heterocycles. The van der Waals surface area contributed by atoms with Gasteiger partial charge in [-0.15, -0.1) is 0 Å². The third-order valence-electron chi connectivity index (χ3n) is 2.77. The van der Waals surface area contributed by atoms with E-state index in [1.165, 1.54) is 0 Å². The number of fused-ring (bicyclic) bond motifs is 1. The molecule has 0 saturated heterocycles. The van der Waals surface area contributed by atoms with E-state index in [4.69, 9.17) is 27.6 Å². The molecule has 0 aliphatic heterocycles. The Bertz CT molecular complexity index is 734. The quantitative estimate of drug-likeness (QED) is 0.618. The van der Waals surface area contributed by atoms with Gasteiger partial charge in [-0.25, -0.2) is 4.98 Å². The van der Waals surface area contributed by atoms with Gasteiger partial charge in [0.05, 0.1) is 0 Å². The standard InChI is InChI=1S/C14H9Cl2NO/c1-8-2-3-9(6-11(8)16)14-17-12-7-10(15)4-5-13(12)18-14/h2-7H,1H3. The smallest absolute Gasteiger partial charge is 0.227 e. The van der Waals surface area contributed by atoms with E-state index in [1.54, 1.807) is 12.1 Å². The number of oxazole rings is 1. The molecule has 3 aromatic rings. The zero-order valence-corrected chi connectivity index (χ0v) is 11.1. The average molecular weight is 278 g/mol. The zero-order chi connectivity index (χ0) is 12.7. The van der Waals surface area contributed by atoms with Crippen molar-refractivity contribution in [2.24, 2.45) is 0 Å². The summed E-state index contributed by atoms with van der Waals surface area (Å²) in [6.45, 7) is 1.96. The van der Waals surface area contributed by atoms with Crippen LogP contribution in [0.2, 0.25) is 10.0 Å². The molecule has 90 valence electrons. The topological polar surface area (TPSA) is 26.0 Å². The highest BCUT2D eigenvalue weighted by atomic mass is 35.5. The number of hydrogen-bond acceptors (Lipinski definition) is 2. The van der Waals surface area contributed by atoms with Gasteiger partial charge in [-0.2, -0.15) is 0 Å². The molecule has 0 radical (unpaired) electrons. The Morgan fingerprint density at radius 3 is 2.67 bits per heavy atom. The molecule has 18 heavy (non-hydrogen) atoms. The Balaban J connectivity index is 2.16. The molecular weight excluding hydrogens is 269 g/mol. The van der Waals surface area contributed by atoms with E-state index in [0.29, 0.717) is 21.5 Å². The fraction of sp³-hybridized carbons (Fsp3) is 0.0714. The van der Waals surface area contributed by atoms with Crippen LogP contribution in [0.3, 0.4) is 0 Å². The van der Waals surface area contributed by atoms with Gasteiger partial charge in [0.1, 0.15) is 5.52 Å². The van der Waals surface area contributed by atoms with E-state index in [2.05, 4.69) is 4.98 Å². The first-order valence-electron chi connectivity index (χ1n) is 5.46. The average Bonchev–Trinajstić information content (AvgIpc) is 2.75. The summed E-state index contributed by atoms with van der Waals surface area (Å²) in [7, 11) is 0. The normalized spacial score (nSPS) is 11.1. The molecule has 2 nitrogen and oxygen atoms in total. The zero-order valence-electron chi connectivity index (χ0n) is 9.58. The summed E-state index contributed by atoms with van der Waals surface area (Å²) < 4.78 is 5.68. The molecule has 2 aromatic carbocycles. The lowest BCUT2D eigenvalue weighted by molar-refractivity contribution is 0.620. The third-order valence-corrected chi connectivity index (χ3v) is 3.41. The Kier molecular flexibility index (Phi) is 2.77. The third kappa shape index (κ3) is 1.98. The summed E-state index contributed by atoms with van der Waals surface area (Å²) in [4.78, 5) is 4.40. The van der Waals surface area contributed by atoms with Crippen LogP contribution >= 0.6 is 23.2 Å². The minimum atomic E-state index is 0.550. The van der Waals surface area contributed by atoms with Crippen molar-refractivity contribution in [2.45, 2.75) is 6.92 Å². The van der Waals surface area contributed by atoms with E-state index in [9.17, 15) is 0 Å². The van der Waals surface area contributed by atoms with Crippen molar-refractivity contribution in [3.05, 3.63) is 52.0 Å². The van der Waals surface area contributed by atoms with Crippen molar-refractivity contribution >= 4 is 34.3 Å². The molecule has 0 N–H and O–H groups in total. The van der Waals surface area contributed by atoms with Crippen LogP contribution in [0.1, 0.15) is 5.56 Å². The molecule has 1 heterocycles. The van der Waals surface area contributed by atoms with Crippen molar-refractivity contribution in [3.63, 3.8) is 0 Å². The number of nitrogens with zero attached hydrogens (tertiary/aromatic N) is 1. The van der Waals surface area contributed by atoms with Gasteiger partial charge in [0.15, 0.2) is 5.58 Å². The number of aryl methyl sites for hydroxylation is 1. The fourth-order valence-electron chi connectivity index (χ4n) is 1.75. The first kappa shape index (κ1) is 11.6. The van der Waals surface area contributed by atoms with Crippen molar-refractivity contribution in [3.8, 4) is 11.5 Å². The molecule has 0 amide bonds. The van der Waals surface area contributed by atoms with Gasteiger partial charge in [-0.05, 0) is 42.8 Å². The molecule has 4 heteroatoms. The van der Waals surface area contributed by atoms with Crippen LogP contribution in [0.4, 0.5) is 0 Å². The van der Waals surface area contributed by atoms with Crippen LogP contribution in [0, 0.1) is 6.92 Å². The van der Waals surface area contributed by atoms with Crippen molar-refractivity contribution in [1.29, 1.82) is 0 Å². The second-order valence-corrected chi connectivity index (χ2v) is 4.94. The molecule has 0 saturated carbocycles. The molecule has 0 atom stereocenters. The molecule has 0 aliphatic rings. The largest absolute Gasteiger partial charge is 0.436 e. The predicted molar refractivity (Wildman–Crippen MR) is 74.2 cm³/mol. The Morgan fingerprint density at radius 1 is 1.06 bits per heavy atom. The lowest BCUT2D eigenvalue weighted by atomic mass is 10.1. The molecule has 0 fully saturated rings. The monoisotopic (exact) mass is 277 g/mol. The lowest BCUT2D eigenvalue weighted by Crippen LogP contribution is -1.80. The van der Waals surface area contributed by atoms with E-state index < -0.39 is 0 Å². The SMILES string of the molecule is Cc1ccc(-c2nc3cc(Cl)ccc3o2)cc1Cl. The van der Waals surface area contributed by atoms with E-state index >= 15 is 0 Å². The number of benzene rings is 2. The van der Waals surface area contributed by atoms with Crippen LogP contribution < -0.4 is 0 Å². The highest BCUT2D eigenvalue weighted by Gasteiger charge is 2.09. The molecule has 0 bridgehead atoms. The minimum Gasteiger partial charge on any atom is -0.436 e. The molecule has 3 rings (SSSR count). The van der Waals surface area contributed by atoms with Gasteiger partial charge >= 0.3 is 0 Å². The van der Waals surface area contributed by atoms with Gasteiger partial charge in [0.25, 0.3) is 0 Å². The Hall–Kier alpha value is -1.51. The Morgan fingerprint density at radius 2 is 1.89 bits per heavy atom. The summed E-state index contributed by atoms with van der Waals surface area (Å²) in [5.74, 6) is 0.550. The predicted octanol–water partition coefficient (Wildman–Crippen LogP) is 5.11. The minimum absolute atomic E-state index is 0.550. The first-order valence-corrected chi connectivity index (χ1v) is 6.22. The van der Waals surface area contributed by atoms with Crippen molar-refractivity contribution in [2.75, 3.05) is 0 Å². The van der Waals surface area contributed by atoms with Gasteiger partial charge in [0, 0.05) is 15.6 Å². The maximum Gasteiger partial charge on any atom is 0.227 e. The number of aromatic nitrogens is 1. The van der Waals surface area contributed by atoms with E-state index in [1.807, 2.05) is 31.2 Å². The summed E-state index contributed by atoms with van der Waals surface area (Å²) in [5.41, 5.74) is 3.35. The maximum atomic E-state index is 6.10. The van der Waals surface area contributed by atoms with Crippen LogP contribution in [-0.4, -0.2) is 4.98 Å². The number of rotatable bonds is 1. The maximum absolute atomic E-state index is 6.10. The lowest BCUT2D eigenvalue weighted by Gasteiger charge is -1.99. The second-order valence-electron chi connectivity index (χ2n) is 4.10. The summed E-state index contributed by atoms with van der Waals surface area (Å²) >= 11 is 12.0. The van der Waals surface area contributed by atoms with Gasteiger partial charge in [-0.1, -0.05) is 29.3 Å². The van der Waals surface area contributed by atoms with Gasteiger partial charge in [-0.3, -0.25) is 0 Å². The molecule has 0 spiro atoms. The fourth-order valence-corrected chi connectivity index (χ4v) is 2.10. The van der Waals surface area contributed by atoms with Crippen molar-refractivity contribution in [1.82, 2.24) is 4.98 Å². The van der Waals surface area contributed by atoms with Crippen molar-refractivity contribution < 1.29 is 4.42 Å². The molecule has 0 unspecified atom stereocenters. The molecule has 0 aliphatic carbocycles. The highest BCUT2D eigenvalue weighted by molar-refractivity contribution is 6.31. The highest BCUT2D eigenvalue weighted by Crippen LogP contribution is 2.28. The van der Waals surface area contributed by atoms with Gasteiger partial charge < -0.3 is 4.42 Å². The number of hydrogen-bond donors (Lipinski definition) is 0. The van der Waals surface area contributed by atoms with Crippen LogP contribution in [0.25, 0.3) is 22.6 Å². The molecular formula is C14H9Cl2NO. The van der Waals surface area contributed by atoms with Crippen LogP contribution in [0.15, 0.2) is 40.8 Å². The summed E-state index contributed by atoms with van der Waals surface area (Å²) in [6, 6.07) is 11.1. The van der Waals surface area contributed by atoms with Crippen LogP contribution in [-0.2, 0) is 0 Å². The first-order chi connectivity index (χ1) is 8.63. The number of halogens is 2. The second kappa shape index (κ2) is 4.30. The van der Waals surface area contributed by atoms with E-state index in [0.717, 1.165) is 16.6 Å². The summed E-state index contributed by atoms with van der Waals surface area (Å²) in [5, 5.41) is 1.34. The summed E-state index contributed by atoms with van der Waals surface area (Å²) in [6.07, 6.45) is 0. The van der Waals surface area contributed by atoms with Crippen LogP contribution in [0.5, 0.6) is 0 Å².